The van der Waals surface area contributed by atoms with E-state index in [1.807, 2.05) is 13.8 Å². The summed E-state index contributed by atoms with van der Waals surface area (Å²) in [7, 11) is 0. The van der Waals surface area contributed by atoms with Crippen LogP contribution in [0.15, 0.2) is 0 Å². The molecule has 0 rings (SSSR count). The van der Waals surface area contributed by atoms with Crippen LogP contribution in [0.3, 0.4) is 0 Å². The molecular weight excluding hydrogens is 202 g/mol. The molecule has 0 heterocycles. The summed E-state index contributed by atoms with van der Waals surface area (Å²) >= 11 is 0. The first kappa shape index (κ1) is 15.4. The highest BCUT2D eigenvalue weighted by Gasteiger charge is 2.37. The summed E-state index contributed by atoms with van der Waals surface area (Å²) in [4.78, 5) is 11.5. The van der Waals surface area contributed by atoms with Crippen LogP contribution in [-0.2, 0) is 4.79 Å². The van der Waals surface area contributed by atoms with Gasteiger partial charge in [0.15, 0.2) is 0 Å². The Labute approximate surface area is 99.6 Å². The maximum atomic E-state index is 11.5. The molecule has 3 heteroatoms. The second-order valence-electron chi connectivity index (χ2n) is 4.55. The monoisotopic (exact) mass is 229 g/mol. The Morgan fingerprint density at radius 2 is 1.56 bits per heavy atom. The lowest BCUT2D eigenvalue weighted by Crippen LogP contribution is -2.55. The van der Waals surface area contributed by atoms with E-state index in [0.29, 0.717) is 18.9 Å². The van der Waals surface area contributed by atoms with Crippen molar-refractivity contribution in [2.45, 2.75) is 77.8 Å². The lowest BCUT2D eigenvalue weighted by atomic mass is 9.87. The Morgan fingerprint density at radius 1 is 1.12 bits per heavy atom. The fourth-order valence-electron chi connectivity index (χ4n) is 2.28. The van der Waals surface area contributed by atoms with Crippen LogP contribution in [0.2, 0.25) is 0 Å². The van der Waals surface area contributed by atoms with Gasteiger partial charge >= 0.3 is 5.97 Å². The molecule has 0 aromatic carbocycles. The van der Waals surface area contributed by atoms with Crippen LogP contribution < -0.4 is 5.32 Å². The SMILES string of the molecule is CCCC(CCC)(NC(CC)CC)C(=O)O. The standard InChI is InChI=1S/C13H27NO2/c1-5-9-13(10-6-2,12(15)16)14-11(7-3)8-4/h11,14H,5-10H2,1-4H3,(H,15,16). The van der Waals surface area contributed by atoms with Gasteiger partial charge in [0, 0.05) is 6.04 Å². The normalized spacial score (nSPS) is 12.1. The van der Waals surface area contributed by atoms with Gasteiger partial charge in [0.1, 0.15) is 5.54 Å². The van der Waals surface area contributed by atoms with Crippen molar-refractivity contribution in [1.82, 2.24) is 5.32 Å². The number of carboxylic acid groups (broad SMARTS) is 1. The molecule has 0 aliphatic carbocycles. The van der Waals surface area contributed by atoms with Crippen molar-refractivity contribution in [3.63, 3.8) is 0 Å². The van der Waals surface area contributed by atoms with Gasteiger partial charge in [0.05, 0.1) is 0 Å². The highest BCUT2D eigenvalue weighted by Crippen LogP contribution is 2.22. The molecular formula is C13H27NO2. The first-order valence-electron chi connectivity index (χ1n) is 6.57. The van der Waals surface area contributed by atoms with Crippen molar-refractivity contribution < 1.29 is 9.90 Å². The summed E-state index contributed by atoms with van der Waals surface area (Å²) in [6.45, 7) is 8.29. The van der Waals surface area contributed by atoms with Crippen molar-refractivity contribution in [2.75, 3.05) is 0 Å². The molecule has 96 valence electrons. The maximum absolute atomic E-state index is 11.5. The molecule has 3 nitrogen and oxygen atoms in total. The van der Waals surface area contributed by atoms with Gasteiger partial charge in [-0.15, -0.1) is 0 Å². The van der Waals surface area contributed by atoms with Crippen molar-refractivity contribution >= 4 is 5.97 Å². The molecule has 0 aromatic heterocycles. The van der Waals surface area contributed by atoms with Crippen molar-refractivity contribution in [1.29, 1.82) is 0 Å². The third-order valence-corrected chi connectivity index (χ3v) is 3.23. The minimum atomic E-state index is -0.708. The van der Waals surface area contributed by atoms with E-state index >= 15 is 0 Å². The third kappa shape index (κ3) is 4.12. The van der Waals surface area contributed by atoms with Gasteiger partial charge in [-0.05, 0) is 25.7 Å². The Hall–Kier alpha value is -0.570. The summed E-state index contributed by atoms with van der Waals surface area (Å²) in [5.41, 5.74) is -0.708. The van der Waals surface area contributed by atoms with Crippen molar-refractivity contribution in [3.05, 3.63) is 0 Å². The summed E-state index contributed by atoms with van der Waals surface area (Å²) in [6.07, 6.45) is 5.20. The molecule has 0 atom stereocenters. The van der Waals surface area contributed by atoms with E-state index in [0.717, 1.165) is 25.7 Å². The van der Waals surface area contributed by atoms with Gasteiger partial charge < -0.3 is 5.11 Å². The number of carboxylic acids is 1. The van der Waals surface area contributed by atoms with Crippen LogP contribution in [0.5, 0.6) is 0 Å². The maximum Gasteiger partial charge on any atom is 0.323 e. The van der Waals surface area contributed by atoms with Crippen molar-refractivity contribution in [2.24, 2.45) is 0 Å². The van der Waals surface area contributed by atoms with E-state index < -0.39 is 11.5 Å². The summed E-state index contributed by atoms with van der Waals surface area (Å²) in [6, 6.07) is 0.314. The smallest absolute Gasteiger partial charge is 0.323 e. The number of rotatable bonds is 9. The Bertz CT molecular complexity index is 194. The molecule has 16 heavy (non-hydrogen) atoms. The zero-order valence-electron chi connectivity index (χ0n) is 11.2. The minimum Gasteiger partial charge on any atom is -0.480 e. The molecule has 0 saturated carbocycles. The van der Waals surface area contributed by atoms with E-state index in [2.05, 4.69) is 19.2 Å². The third-order valence-electron chi connectivity index (χ3n) is 3.23. The van der Waals surface area contributed by atoms with E-state index in [1.165, 1.54) is 0 Å². The summed E-state index contributed by atoms with van der Waals surface area (Å²) in [5, 5.41) is 12.8. The number of carbonyl (C=O) groups is 1. The van der Waals surface area contributed by atoms with Crippen LogP contribution in [0.1, 0.15) is 66.2 Å². The van der Waals surface area contributed by atoms with Gasteiger partial charge in [-0.3, -0.25) is 10.1 Å². The first-order chi connectivity index (χ1) is 7.56. The van der Waals surface area contributed by atoms with E-state index in [1.54, 1.807) is 0 Å². The van der Waals surface area contributed by atoms with E-state index in [-0.39, 0.29) is 0 Å². The predicted octanol–water partition coefficient (Wildman–Crippen LogP) is 3.19. The Balaban J connectivity index is 4.78. The quantitative estimate of drug-likeness (QED) is 0.638. The Kier molecular flexibility index (Phi) is 7.39. The fraction of sp³-hybridized carbons (Fsp3) is 0.923. The van der Waals surface area contributed by atoms with Crippen molar-refractivity contribution in [3.8, 4) is 0 Å². The highest BCUT2D eigenvalue weighted by molar-refractivity contribution is 5.78. The van der Waals surface area contributed by atoms with Crippen LogP contribution in [-0.4, -0.2) is 22.7 Å². The average Bonchev–Trinajstić information content (AvgIpc) is 2.26. The number of nitrogens with one attached hydrogen (secondary N) is 1. The number of hydrogen-bond donors (Lipinski definition) is 2. The number of hydrogen-bond acceptors (Lipinski definition) is 2. The minimum absolute atomic E-state index is 0.314. The lowest BCUT2D eigenvalue weighted by Gasteiger charge is -2.34. The first-order valence-corrected chi connectivity index (χ1v) is 6.57. The largest absolute Gasteiger partial charge is 0.480 e. The van der Waals surface area contributed by atoms with Gasteiger partial charge in [-0.2, -0.15) is 0 Å². The molecule has 0 bridgehead atoms. The van der Waals surface area contributed by atoms with Gasteiger partial charge in [-0.1, -0.05) is 40.5 Å². The van der Waals surface area contributed by atoms with Gasteiger partial charge in [-0.25, -0.2) is 0 Å². The van der Waals surface area contributed by atoms with Gasteiger partial charge in [0.25, 0.3) is 0 Å². The molecule has 0 aliphatic heterocycles. The lowest BCUT2D eigenvalue weighted by molar-refractivity contribution is -0.146. The zero-order chi connectivity index (χ0) is 12.6. The molecule has 0 spiro atoms. The summed E-state index contributed by atoms with van der Waals surface area (Å²) in [5.74, 6) is -0.692. The topological polar surface area (TPSA) is 49.3 Å². The molecule has 2 N–H and O–H groups in total. The molecule has 0 saturated heterocycles. The van der Waals surface area contributed by atoms with Crippen LogP contribution in [0, 0.1) is 0 Å². The molecule has 0 unspecified atom stereocenters. The van der Waals surface area contributed by atoms with Crippen LogP contribution in [0.25, 0.3) is 0 Å². The highest BCUT2D eigenvalue weighted by atomic mass is 16.4. The average molecular weight is 229 g/mol. The summed E-state index contributed by atoms with van der Waals surface area (Å²) < 4.78 is 0. The van der Waals surface area contributed by atoms with E-state index in [4.69, 9.17) is 0 Å². The molecule has 0 fully saturated rings. The predicted molar refractivity (Wildman–Crippen MR) is 67.7 cm³/mol. The Morgan fingerprint density at radius 3 is 1.81 bits per heavy atom. The number of aliphatic carboxylic acids is 1. The van der Waals surface area contributed by atoms with Crippen LogP contribution in [0.4, 0.5) is 0 Å². The molecule has 0 radical (unpaired) electrons. The molecule has 0 amide bonds. The molecule has 0 aliphatic rings. The van der Waals surface area contributed by atoms with Crippen LogP contribution >= 0.6 is 0 Å². The second kappa shape index (κ2) is 7.66. The van der Waals surface area contributed by atoms with Gasteiger partial charge in [0.2, 0.25) is 0 Å². The molecule has 0 aromatic rings. The second-order valence-corrected chi connectivity index (χ2v) is 4.55. The van der Waals surface area contributed by atoms with E-state index in [9.17, 15) is 9.90 Å². The zero-order valence-corrected chi connectivity index (χ0v) is 11.2. The fourth-order valence-corrected chi connectivity index (χ4v) is 2.28.